The number of carbonyl (C=O) groups excluding carboxylic acids is 2. The molecule has 1 N–H and O–H groups in total. The standard InChI is InChI=1S/C26H31N5O3/c1-18-7-9-21(10-8-18)26-29-28-24(34-26)11-12-25(33)31-15-13-30(14-16-31)17-23(32)27-22-6-4-5-19(2)20(22)3/h4-10H,11-17H2,1-3H3,(H,27,32). The van der Waals surface area contributed by atoms with E-state index in [-0.39, 0.29) is 11.8 Å². The first-order valence-corrected chi connectivity index (χ1v) is 11.6. The molecular weight excluding hydrogens is 430 g/mol. The highest BCUT2D eigenvalue weighted by atomic mass is 16.4. The van der Waals surface area contributed by atoms with E-state index < -0.39 is 0 Å². The maximum atomic E-state index is 12.7. The van der Waals surface area contributed by atoms with Crippen molar-refractivity contribution >= 4 is 17.5 Å². The summed E-state index contributed by atoms with van der Waals surface area (Å²) in [5.41, 5.74) is 5.12. The number of rotatable bonds is 7. The summed E-state index contributed by atoms with van der Waals surface area (Å²) >= 11 is 0. The number of nitrogens with one attached hydrogen (secondary N) is 1. The topological polar surface area (TPSA) is 91.6 Å². The summed E-state index contributed by atoms with van der Waals surface area (Å²) in [5, 5.41) is 11.2. The van der Waals surface area contributed by atoms with E-state index in [0.29, 0.717) is 57.3 Å². The second-order valence-electron chi connectivity index (χ2n) is 8.82. The third-order valence-corrected chi connectivity index (χ3v) is 6.29. The molecule has 1 aliphatic rings. The number of hydrogen-bond acceptors (Lipinski definition) is 6. The highest BCUT2D eigenvalue weighted by Crippen LogP contribution is 2.20. The van der Waals surface area contributed by atoms with Crippen LogP contribution in [0, 0.1) is 20.8 Å². The predicted octanol–water partition coefficient (Wildman–Crippen LogP) is 3.38. The maximum absolute atomic E-state index is 12.7. The molecule has 0 bridgehead atoms. The molecule has 0 radical (unpaired) electrons. The molecule has 1 fully saturated rings. The summed E-state index contributed by atoms with van der Waals surface area (Å²) in [6.45, 7) is 8.93. The number of hydrogen-bond donors (Lipinski definition) is 1. The van der Waals surface area contributed by atoms with E-state index in [1.54, 1.807) is 0 Å². The monoisotopic (exact) mass is 461 g/mol. The minimum Gasteiger partial charge on any atom is -0.421 e. The molecule has 0 spiro atoms. The number of amides is 2. The molecule has 0 unspecified atom stereocenters. The Morgan fingerprint density at radius 3 is 2.44 bits per heavy atom. The van der Waals surface area contributed by atoms with Crippen molar-refractivity contribution in [3.05, 3.63) is 65.0 Å². The average molecular weight is 462 g/mol. The molecule has 4 rings (SSSR count). The largest absolute Gasteiger partial charge is 0.421 e. The molecule has 2 amide bonds. The van der Waals surface area contributed by atoms with Gasteiger partial charge in [0.1, 0.15) is 0 Å². The van der Waals surface area contributed by atoms with Crippen LogP contribution in [0.5, 0.6) is 0 Å². The first-order chi connectivity index (χ1) is 16.4. The van der Waals surface area contributed by atoms with Crippen molar-refractivity contribution in [3.8, 4) is 11.5 Å². The van der Waals surface area contributed by atoms with Gasteiger partial charge in [-0.05, 0) is 50.1 Å². The fourth-order valence-corrected chi connectivity index (χ4v) is 3.97. The number of piperazine rings is 1. The summed E-state index contributed by atoms with van der Waals surface area (Å²) in [6.07, 6.45) is 0.735. The van der Waals surface area contributed by atoms with E-state index in [9.17, 15) is 9.59 Å². The fourth-order valence-electron chi connectivity index (χ4n) is 3.97. The van der Waals surface area contributed by atoms with Crippen LogP contribution in [0.1, 0.15) is 29.0 Å². The number of carbonyl (C=O) groups is 2. The van der Waals surface area contributed by atoms with Crippen LogP contribution in [0.2, 0.25) is 0 Å². The Morgan fingerprint density at radius 1 is 0.971 bits per heavy atom. The molecule has 0 aliphatic carbocycles. The molecular formula is C26H31N5O3. The number of aromatic nitrogens is 2. The zero-order chi connectivity index (χ0) is 24.1. The molecule has 1 saturated heterocycles. The van der Waals surface area contributed by atoms with Crippen molar-refractivity contribution in [1.82, 2.24) is 20.0 Å². The van der Waals surface area contributed by atoms with Crippen molar-refractivity contribution in [2.24, 2.45) is 0 Å². The molecule has 0 atom stereocenters. The first-order valence-electron chi connectivity index (χ1n) is 11.6. The molecule has 8 nitrogen and oxygen atoms in total. The van der Waals surface area contributed by atoms with Gasteiger partial charge in [0.15, 0.2) is 0 Å². The minimum absolute atomic E-state index is 0.0331. The quantitative estimate of drug-likeness (QED) is 0.580. The van der Waals surface area contributed by atoms with Crippen LogP contribution < -0.4 is 5.32 Å². The fraction of sp³-hybridized carbons (Fsp3) is 0.385. The molecule has 1 aliphatic heterocycles. The molecule has 8 heteroatoms. The third-order valence-electron chi connectivity index (χ3n) is 6.29. The predicted molar refractivity (Wildman–Crippen MR) is 130 cm³/mol. The first kappa shape index (κ1) is 23.6. The zero-order valence-corrected chi connectivity index (χ0v) is 20.0. The van der Waals surface area contributed by atoms with Gasteiger partial charge in [-0.1, -0.05) is 29.8 Å². The highest BCUT2D eigenvalue weighted by molar-refractivity contribution is 5.93. The Balaban J connectivity index is 1.20. The van der Waals surface area contributed by atoms with E-state index in [1.165, 1.54) is 0 Å². The SMILES string of the molecule is Cc1ccc(-c2nnc(CCC(=O)N3CCN(CC(=O)Nc4cccc(C)c4C)CC3)o2)cc1. The zero-order valence-electron chi connectivity index (χ0n) is 20.0. The Bertz CT molecular complexity index is 1150. The molecule has 34 heavy (non-hydrogen) atoms. The summed E-state index contributed by atoms with van der Waals surface area (Å²) in [5.74, 6) is 0.963. The van der Waals surface area contributed by atoms with Crippen LogP contribution in [0.25, 0.3) is 11.5 Å². The van der Waals surface area contributed by atoms with Crippen LogP contribution >= 0.6 is 0 Å². The van der Waals surface area contributed by atoms with Crippen LogP contribution in [0.3, 0.4) is 0 Å². The lowest BCUT2D eigenvalue weighted by atomic mass is 10.1. The van der Waals surface area contributed by atoms with Crippen LogP contribution in [0.4, 0.5) is 5.69 Å². The lowest BCUT2D eigenvalue weighted by Gasteiger charge is -2.34. The van der Waals surface area contributed by atoms with Gasteiger partial charge in [0.2, 0.25) is 23.6 Å². The van der Waals surface area contributed by atoms with Crippen molar-refractivity contribution in [1.29, 1.82) is 0 Å². The molecule has 2 heterocycles. The van der Waals surface area contributed by atoms with Gasteiger partial charge in [-0.2, -0.15) is 0 Å². The second kappa shape index (κ2) is 10.6. The van der Waals surface area contributed by atoms with E-state index in [4.69, 9.17) is 4.42 Å². The summed E-state index contributed by atoms with van der Waals surface area (Å²) in [7, 11) is 0. The van der Waals surface area contributed by atoms with E-state index in [1.807, 2.05) is 68.1 Å². The number of aryl methyl sites for hydroxylation is 3. The summed E-state index contributed by atoms with van der Waals surface area (Å²) < 4.78 is 5.73. The van der Waals surface area contributed by atoms with Crippen LogP contribution in [0.15, 0.2) is 46.9 Å². The number of nitrogens with zero attached hydrogens (tertiary/aromatic N) is 4. The van der Waals surface area contributed by atoms with Crippen molar-refractivity contribution in [2.45, 2.75) is 33.6 Å². The van der Waals surface area contributed by atoms with Gasteiger partial charge in [-0.25, -0.2) is 0 Å². The van der Waals surface area contributed by atoms with Crippen molar-refractivity contribution < 1.29 is 14.0 Å². The normalized spacial score (nSPS) is 14.3. The lowest BCUT2D eigenvalue weighted by Crippen LogP contribution is -2.50. The second-order valence-corrected chi connectivity index (χ2v) is 8.82. The van der Waals surface area contributed by atoms with E-state index >= 15 is 0 Å². The molecule has 3 aromatic rings. The minimum atomic E-state index is -0.0331. The number of benzene rings is 2. The van der Waals surface area contributed by atoms with Gasteiger partial charge in [0, 0.05) is 50.3 Å². The van der Waals surface area contributed by atoms with Gasteiger partial charge in [0.05, 0.1) is 6.54 Å². The Kier molecular flexibility index (Phi) is 7.37. The Morgan fingerprint density at radius 2 is 1.71 bits per heavy atom. The third kappa shape index (κ3) is 5.88. The Labute approximate surface area is 200 Å². The van der Waals surface area contributed by atoms with Crippen LogP contribution in [-0.2, 0) is 16.0 Å². The maximum Gasteiger partial charge on any atom is 0.247 e. The van der Waals surface area contributed by atoms with E-state index in [0.717, 1.165) is 27.9 Å². The van der Waals surface area contributed by atoms with Gasteiger partial charge in [-0.15, -0.1) is 10.2 Å². The summed E-state index contributed by atoms with van der Waals surface area (Å²) in [6, 6.07) is 13.8. The molecule has 2 aromatic carbocycles. The lowest BCUT2D eigenvalue weighted by molar-refractivity contribution is -0.133. The van der Waals surface area contributed by atoms with Gasteiger partial charge >= 0.3 is 0 Å². The molecule has 0 saturated carbocycles. The van der Waals surface area contributed by atoms with Crippen molar-refractivity contribution in [3.63, 3.8) is 0 Å². The average Bonchev–Trinajstić information content (AvgIpc) is 3.30. The molecule has 1 aromatic heterocycles. The van der Waals surface area contributed by atoms with Gasteiger partial charge in [0.25, 0.3) is 0 Å². The van der Waals surface area contributed by atoms with Gasteiger partial charge < -0.3 is 14.6 Å². The van der Waals surface area contributed by atoms with E-state index in [2.05, 4.69) is 20.4 Å². The summed E-state index contributed by atoms with van der Waals surface area (Å²) in [4.78, 5) is 29.1. The Hall–Kier alpha value is -3.52. The smallest absolute Gasteiger partial charge is 0.247 e. The van der Waals surface area contributed by atoms with Gasteiger partial charge in [-0.3, -0.25) is 14.5 Å². The highest BCUT2D eigenvalue weighted by Gasteiger charge is 2.23. The number of anilines is 1. The van der Waals surface area contributed by atoms with Crippen LogP contribution in [-0.4, -0.2) is 64.5 Å². The molecule has 178 valence electrons. The van der Waals surface area contributed by atoms with Crippen molar-refractivity contribution in [2.75, 3.05) is 38.0 Å².